The van der Waals surface area contributed by atoms with Crippen molar-refractivity contribution in [2.75, 3.05) is 33.4 Å². The van der Waals surface area contributed by atoms with Crippen molar-refractivity contribution in [3.63, 3.8) is 0 Å². The Bertz CT molecular complexity index is 164. The maximum atomic E-state index is 5.53. The highest BCUT2D eigenvalue weighted by Gasteiger charge is 2.08. The molecule has 3 nitrogen and oxygen atoms in total. The number of nitrogens with two attached hydrogens (primary N) is 1. The molecule has 0 bridgehead atoms. The molecule has 0 aromatic heterocycles. The summed E-state index contributed by atoms with van der Waals surface area (Å²) in [5, 5.41) is 0. The molecule has 2 N–H and O–H groups in total. The van der Waals surface area contributed by atoms with E-state index in [-0.39, 0.29) is 5.92 Å². The monoisotopic (exact) mass is 218 g/mol. The van der Waals surface area contributed by atoms with E-state index < -0.39 is 0 Å². The van der Waals surface area contributed by atoms with Crippen LogP contribution in [-0.4, -0.2) is 43.2 Å². The lowest BCUT2D eigenvalue weighted by Gasteiger charge is -2.20. The number of hydrogen-bond donors (Lipinski definition) is 1. The molecule has 4 heteroatoms. The normalized spacial score (nSPS) is 13.1. The van der Waals surface area contributed by atoms with Gasteiger partial charge in [-0.25, -0.2) is 0 Å². The molecular formula is C10H22N2OS. The van der Waals surface area contributed by atoms with Crippen LogP contribution < -0.4 is 5.73 Å². The van der Waals surface area contributed by atoms with Gasteiger partial charge in [-0.1, -0.05) is 26.1 Å². The van der Waals surface area contributed by atoms with Crippen LogP contribution in [0.3, 0.4) is 0 Å². The minimum Gasteiger partial charge on any atom is -0.393 e. The number of nitrogens with zero attached hydrogens (tertiary/aromatic N) is 1. The van der Waals surface area contributed by atoms with E-state index in [1.807, 2.05) is 6.92 Å². The van der Waals surface area contributed by atoms with Gasteiger partial charge in [0.1, 0.15) is 0 Å². The maximum absolute atomic E-state index is 5.53. The van der Waals surface area contributed by atoms with Crippen molar-refractivity contribution in [1.29, 1.82) is 0 Å². The van der Waals surface area contributed by atoms with E-state index in [4.69, 9.17) is 22.7 Å². The molecule has 0 fully saturated rings. The van der Waals surface area contributed by atoms with Crippen LogP contribution in [0, 0.1) is 5.92 Å². The summed E-state index contributed by atoms with van der Waals surface area (Å²) in [6.45, 7) is 7.63. The van der Waals surface area contributed by atoms with E-state index in [1.165, 1.54) is 0 Å². The highest BCUT2D eigenvalue weighted by Crippen LogP contribution is 1.98. The Kier molecular flexibility index (Phi) is 8.04. The van der Waals surface area contributed by atoms with Crippen LogP contribution in [0.4, 0.5) is 0 Å². The predicted molar refractivity (Wildman–Crippen MR) is 64.6 cm³/mol. The second-order valence-electron chi connectivity index (χ2n) is 3.68. The topological polar surface area (TPSA) is 38.5 Å². The van der Waals surface area contributed by atoms with E-state index >= 15 is 0 Å². The number of rotatable bonds is 8. The molecule has 0 aliphatic heterocycles. The summed E-state index contributed by atoms with van der Waals surface area (Å²) < 4.78 is 5.39. The summed E-state index contributed by atoms with van der Waals surface area (Å²) in [4.78, 5) is 2.78. The Morgan fingerprint density at radius 3 is 2.64 bits per heavy atom. The molecule has 0 amide bonds. The highest BCUT2D eigenvalue weighted by molar-refractivity contribution is 7.80. The molecule has 14 heavy (non-hydrogen) atoms. The van der Waals surface area contributed by atoms with Gasteiger partial charge in [-0.3, -0.25) is 0 Å². The van der Waals surface area contributed by atoms with Crippen LogP contribution in [0.1, 0.15) is 20.3 Å². The largest absolute Gasteiger partial charge is 0.393 e. The van der Waals surface area contributed by atoms with Crippen LogP contribution in [0.25, 0.3) is 0 Å². The zero-order valence-corrected chi connectivity index (χ0v) is 10.3. The van der Waals surface area contributed by atoms with E-state index in [9.17, 15) is 0 Å². The summed E-state index contributed by atoms with van der Waals surface area (Å²) in [6, 6.07) is 0. The summed E-state index contributed by atoms with van der Waals surface area (Å²) in [5.74, 6) is 0.279. The zero-order chi connectivity index (χ0) is 11.0. The molecule has 0 saturated heterocycles. The first-order valence-corrected chi connectivity index (χ1v) is 5.54. The first kappa shape index (κ1) is 13.8. The second-order valence-corrected chi connectivity index (χ2v) is 4.15. The van der Waals surface area contributed by atoms with Crippen LogP contribution >= 0.6 is 12.2 Å². The molecular weight excluding hydrogens is 196 g/mol. The standard InChI is InChI=1S/C10H22N2OS/c1-4-6-13-7-5-12(3)8-9(2)10(11)14/h9H,4-8H2,1-3H3,(H2,11,14). The van der Waals surface area contributed by atoms with Crippen LogP contribution in [-0.2, 0) is 4.74 Å². The summed E-state index contributed by atoms with van der Waals surface area (Å²) >= 11 is 4.91. The van der Waals surface area contributed by atoms with Crippen molar-refractivity contribution in [2.24, 2.45) is 11.7 Å². The molecule has 0 rings (SSSR count). The fourth-order valence-electron chi connectivity index (χ4n) is 1.12. The summed E-state index contributed by atoms with van der Waals surface area (Å²) in [6.07, 6.45) is 1.08. The third kappa shape index (κ3) is 7.24. The third-order valence-electron chi connectivity index (χ3n) is 2.04. The number of thiocarbonyl (C=S) groups is 1. The average molecular weight is 218 g/mol. The molecule has 0 aliphatic rings. The van der Waals surface area contributed by atoms with Crippen LogP contribution in [0.2, 0.25) is 0 Å². The SMILES string of the molecule is CCCOCCN(C)CC(C)C(N)=S. The molecule has 0 aromatic carbocycles. The van der Waals surface area contributed by atoms with E-state index in [0.717, 1.165) is 32.7 Å². The summed E-state index contributed by atoms with van der Waals surface area (Å²) in [5.41, 5.74) is 5.53. The first-order chi connectivity index (χ1) is 6.57. The van der Waals surface area contributed by atoms with Crippen LogP contribution in [0.15, 0.2) is 0 Å². The Labute approximate surface area is 92.6 Å². The van der Waals surface area contributed by atoms with Gasteiger partial charge in [-0.15, -0.1) is 0 Å². The van der Waals surface area contributed by atoms with Gasteiger partial charge < -0.3 is 15.4 Å². The van der Waals surface area contributed by atoms with Gasteiger partial charge in [-0.2, -0.15) is 0 Å². The average Bonchev–Trinajstić information content (AvgIpc) is 2.12. The van der Waals surface area contributed by atoms with Gasteiger partial charge in [0.25, 0.3) is 0 Å². The van der Waals surface area contributed by atoms with Gasteiger partial charge in [-0.05, 0) is 13.5 Å². The van der Waals surface area contributed by atoms with Crippen LogP contribution in [0.5, 0.6) is 0 Å². The van der Waals surface area contributed by atoms with Crippen molar-refractivity contribution in [3.8, 4) is 0 Å². The number of likely N-dealkylation sites (N-methyl/N-ethyl adjacent to an activating group) is 1. The fraction of sp³-hybridized carbons (Fsp3) is 0.900. The molecule has 0 aliphatic carbocycles. The quantitative estimate of drug-likeness (QED) is 0.492. The lowest BCUT2D eigenvalue weighted by molar-refractivity contribution is 0.110. The third-order valence-corrected chi connectivity index (χ3v) is 2.44. The van der Waals surface area contributed by atoms with Gasteiger partial charge in [0.05, 0.1) is 11.6 Å². The lowest BCUT2D eigenvalue weighted by atomic mass is 10.2. The Morgan fingerprint density at radius 2 is 2.14 bits per heavy atom. The van der Waals surface area contributed by atoms with Crippen molar-refractivity contribution in [1.82, 2.24) is 4.90 Å². The number of ether oxygens (including phenoxy) is 1. The minimum absolute atomic E-state index is 0.279. The molecule has 84 valence electrons. The second kappa shape index (κ2) is 8.15. The lowest BCUT2D eigenvalue weighted by Crippen LogP contribution is -2.33. The van der Waals surface area contributed by atoms with Crippen molar-refractivity contribution >= 4 is 17.2 Å². The molecule has 0 radical (unpaired) electrons. The van der Waals surface area contributed by atoms with Crippen molar-refractivity contribution < 1.29 is 4.74 Å². The minimum atomic E-state index is 0.279. The van der Waals surface area contributed by atoms with Gasteiger partial charge in [0.2, 0.25) is 0 Å². The zero-order valence-electron chi connectivity index (χ0n) is 9.45. The van der Waals surface area contributed by atoms with Gasteiger partial charge in [0, 0.05) is 25.6 Å². The Morgan fingerprint density at radius 1 is 1.50 bits per heavy atom. The summed E-state index contributed by atoms with van der Waals surface area (Å²) in [7, 11) is 2.06. The molecule has 0 heterocycles. The van der Waals surface area contributed by atoms with E-state index in [1.54, 1.807) is 0 Å². The maximum Gasteiger partial charge on any atom is 0.0768 e. The molecule has 0 spiro atoms. The Balaban J connectivity index is 3.45. The predicted octanol–water partition coefficient (Wildman–Crippen LogP) is 1.27. The molecule has 1 unspecified atom stereocenters. The van der Waals surface area contributed by atoms with Gasteiger partial charge >= 0.3 is 0 Å². The molecule has 0 saturated carbocycles. The molecule has 0 aromatic rings. The first-order valence-electron chi connectivity index (χ1n) is 5.13. The highest BCUT2D eigenvalue weighted by atomic mass is 32.1. The number of hydrogen-bond acceptors (Lipinski definition) is 3. The smallest absolute Gasteiger partial charge is 0.0768 e. The van der Waals surface area contributed by atoms with E-state index in [0.29, 0.717) is 4.99 Å². The molecule has 1 atom stereocenters. The fourth-order valence-corrected chi connectivity index (χ4v) is 1.19. The van der Waals surface area contributed by atoms with Crippen molar-refractivity contribution in [3.05, 3.63) is 0 Å². The van der Waals surface area contributed by atoms with Crippen molar-refractivity contribution in [2.45, 2.75) is 20.3 Å². The van der Waals surface area contributed by atoms with Gasteiger partial charge in [0.15, 0.2) is 0 Å². The Hall–Kier alpha value is -0.190. The van der Waals surface area contributed by atoms with E-state index in [2.05, 4.69) is 18.9 Å².